The van der Waals surface area contributed by atoms with Crippen molar-refractivity contribution in [2.24, 2.45) is 7.05 Å². The molecule has 1 aromatic heterocycles. The first-order chi connectivity index (χ1) is 13.1. The van der Waals surface area contributed by atoms with E-state index in [4.69, 9.17) is 4.74 Å². The molecule has 134 valence electrons. The number of fused-ring (bicyclic) bond motifs is 5. The second-order valence-electron chi connectivity index (χ2n) is 7.12. The maximum Gasteiger partial charge on any atom is 0.639 e. The van der Waals surface area contributed by atoms with Gasteiger partial charge in [-0.3, -0.25) is 0 Å². The molecule has 0 radical (unpaired) electrons. The van der Waals surface area contributed by atoms with Crippen molar-refractivity contribution in [2.45, 2.75) is 6.92 Å². The largest absolute Gasteiger partial charge is 0.639 e. The van der Waals surface area contributed by atoms with E-state index >= 15 is 0 Å². The Morgan fingerprint density at radius 1 is 0.852 bits per heavy atom. The lowest BCUT2D eigenvalue weighted by Gasteiger charge is -2.24. The number of aromatic nitrogens is 1. The van der Waals surface area contributed by atoms with Crippen LogP contribution in [0.5, 0.6) is 5.75 Å². The Balaban J connectivity index is 1.79. The predicted octanol–water partition coefficient (Wildman–Crippen LogP) is 3.55. The van der Waals surface area contributed by atoms with E-state index in [9.17, 15) is 0 Å². The van der Waals surface area contributed by atoms with Crippen molar-refractivity contribution in [1.82, 2.24) is 0 Å². The minimum atomic E-state index is 0.0526. The van der Waals surface area contributed by atoms with E-state index in [0.29, 0.717) is 0 Å². The fourth-order valence-corrected chi connectivity index (χ4v) is 4.43. The number of para-hydroxylation sites is 2. The number of hydrogen-bond donors (Lipinski definition) is 0. The molecule has 0 spiro atoms. The van der Waals surface area contributed by atoms with E-state index in [1.807, 2.05) is 6.07 Å². The molecule has 0 amide bonds. The van der Waals surface area contributed by atoms with Crippen LogP contribution in [-0.2, 0) is 7.05 Å². The zero-order chi connectivity index (χ0) is 18.7. The molecule has 0 fully saturated rings. The molecule has 5 rings (SSSR count). The van der Waals surface area contributed by atoms with Gasteiger partial charge >= 0.3 is 7.12 Å². The summed E-state index contributed by atoms with van der Waals surface area (Å²) in [5, 5.41) is 0. The first kappa shape index (κ1) is 16.1. The van der Waals surface area contributed by atoms with Gasteiger partial charge in [-0.15, -0.1) is 0 Å². The first-order valence-corrected chi connectivity index (χ1v) is 9.16. The van der Waals surface area contributed by atoms with Crippen molar-refractivity contribution in [1.29, 1.82) is 0 Å². The highest BCUT2D eigenvalue weighted by atomic mass is 16.5. The van der Waals surface area contributed by atoms with Crippen LogP contribution in [0.2, 0.25) is 0 Å². The SMILES string of the molecule is COc1cccc(N2B3N(C)c4ccccc4N3c3ccc[n+](C)c32)c1C. The number of nitrogens with zero attached hydrogens (tertiary/aromatic N) is 4. The third kappa shape index (κ3) is 2.04. The highest BCUT2D eigenvalue weighted by Gasteiger charge is 2.59. The molecule has 27 heavy (non-hydrogen) atoms. The number of rotatable bonds is 2. The van der Waals surface area contributed by atoms with Gasteiger partial charge in [0.15, 0.2) is 0 Å². The summed E-state index contributed by atoms with van der Waals surface area (Å²) >= 11 is 0. The van der Waals surface area contributed by atoms with E-state index in [-0.39, 0.29) is 7.12 Å². The summed E-state index contributed by atoms with van der Waals surface area (Å²) in [4.78, 5) is 7.17. The Morgan fingerprint density at radius 2 is 1.56 bits per heavy atom. The van der Waals surface area contributed by atoms with Gasteiger partial charge in [0.25, 0.3) is 5.82 Å². The zero-order valence-corrected chi connectivity index (χ0v) is 16.0. The summed E-state index contributed by atoms with van der Waals surface area (Å²) in [5.74, 6) is 2.09. The van der Waals surface area contributed by atoms with Crippen molar-refractivity contribution in [3.05, 3.63) is 66.4 Å². The number of methoxy groups -OCH3 is 1. The molecule has 0 N–H and O–H groups in total. The van der Waals surface area contributed by atoms with Crippen LogP contribution in [0.1, 0.15) is 5.56 Å². The van der Waals surface area contributed by atoms with Crippen molar-refractivity contribution in [3.8, 4) is 5.75 Å². The summed E-state index contributed by atoms with van der Waals surface area (Å²) in [6.45, 7) is 2.13. The number of hydrogen-bond acceptors (Lipinski definition) is 4. The van der Waals surface area contributed by atoms with Crippen molar-refractivity contribution >= 4 is 35.7 Å². The summed E-state index contributed by atoms with van der Waals surface area (Å²) < 4.78 is 7.80. The average molecular weight is 357 g/mol. The fraction of sp³-hybridized carbons (Fsp3) is 0.190. The van der Waals surface area contributed by atoms with Gasteiger partial charge in [0.2, 0.25) is 0 Å². The Hall–Kier alpha value is -3.15. The second kappa shape index (κ2) is 5.68. The minimum Gasteiger partial charge on any atom is -0.496 e. The summed E-state index contributed by atoms with van der Waals surface area (Å²) in [6.07, 6.45) is 2.11. The summed E-state index contributed by atoms with van der Waals surface area (Å²) in [7, 11) is 6.05. The van der Waals surface area contributed by atoms with Crippen LogP contribution < -0.4 is 23.7 Å². The smallest absolute Gasteiger partial charge is 0.496 e. The van der Waals surface area contributed by atoms with Gasteiger partial charge in [-0.1, -0.05) is 18.2 Å². The van der Waals surface area contributed by atoms with Crippen LogP contribution in [0, 0.1) is 6.92 Å². The number of pyridine rings is 1. The van der Waals surface area contributed by atoms with Crippen LogP contribution in [0.3, 0.4) is 0 Å². The van der Waals surface area contributed by atoms with E-state index in [0.717, 1.165) is 17.0 Å². The lowest BCUT2D eigenvalue weighted by Crippen LogP contribution is -2.53. The molecule has 3 heterocycles. The van der Waals surface area contributed by atoms with Gasteiger partial charge in [-0.25, -0.2) is 9.38 Å². The van der Waals surface area contributed by atoms with Gasteiger partial charge in [-0.2, -0.15) is 0 Å². The van der Waals surface area contributed by atoms with Crippen molar-refractivity contribution in [3.63, 3.8) is 0 Å². The Kier molecular flexibility index (Phi) is 3.38. The Bertz CT molecular complexity index is 1050. The lowest BCUT2D eigenvalue weighted by atomic mass is 9.87. The van der Waals surface area contributed by atoms with Crippen LogP contribution in [0.15, 0.2) is 60.8 Å². The molecule has 0 atom stereocenters. The highest BCUT2D eigenvalue weighted by molar-refractivity contribution is 6.78. The van der Waals surface area contributed by atoms with Gasteiger partial charge < -0.3 is 14.4 Å². The average Bonchev–Trinajstić information content (AvgIpc) is 3.17. The van der Waals surface area contributed by atoms with Crippen molar-refractivity contribution in [2.75, 3.05) is 28.6 Å². The van der Waals surface area contributed by atoms with Crippen molar-refractivity contribution < 1.29 is 9.30 Å². The van der Waals surface area contributed by atoms with Crippen LogP contribution in [-0.4, -0.2) is 21.3 Å². The van der Waals surface area contributed by atoms with Crippen LogP contribution >= 0.6 is 0 Å². The van der Waals surface area contributed by atoms with E-state index in [1.165, 1.54) is 22.9 Å². The molecule has 0 saturated heterocycles. The van der Waals surface area contributed by atoms with Gasteiger partial charge in [0, 0.05) is 5.56 Å². The second-order valence-corrected chi connectivity index (χ2v) is 7.12. The molecular weight excluding hydrogens is 335 g/mol. The zero-order valence-electron chi connectivity index (χ0n) is 16.0. The molecular formula is C21H22BN4O+. The standard InChI is InChI=1S/C21H22BN4O/c1-15-16(11-7-13-20(15)27-4)26-21-19(12-8-14-23(21)2)25-18-10-6-5-9-17(18)24(3)22(25)26/h5-14H,1-4H3/q+1. The summed E-state index contributed by atoms with van der Waals surface area (Å²) in [5.41, 5.74) is 5.99. The van der Waals surface area contributed by atoms with Gasteiger partial charge in [0.1, 0.15) is 17.1 Å². The van der Waals surface area contributed by atoms with Gasteiger partial charge in [-0.05, 0) is 50.4 Å². The molecule has 0 bridgehead atoms. The maximum atomic E-state index is 5.60. The molecule has 0 aliphatic carbocycles. The molecule has 2 aliphatic rings. The Labute approximate surface area is 160 Å². The fourth-order valence-electron chi connectivity index (χ4n) is 4.43. The number of aryl methyl sites for hydroxylation is 1. The van der Waals surface area contributed by atoms with Gasteiger partial charge in [0.05, 0.1) is 31.7 Å². The molecule has 0 saturated carbocycles. The maximum absolute atomic E-state index is 5.60. The van der Waals surface area contributed by atoms with Crippen LogP contribution in [0.25, 0.3) is 0 Å². The Morgan fingerprint density at radius 3 is 2.33 bits per heavy atom. The third-order valence-electron chi connectivity index (χ3n) is 5.68. The molecule has 5 nitrogen and oxygen atoms in total. The highest BCUT2D eigenvalue weighted by Crippen LogP contribution is 2.52. The molecule has 3 aromatic rings. The van der Waals surface area contributed by atoms with E-state index < -0.39 is 0 Å². The normalized spacial score (nSPS) is 14.4. The topological polar surface area (TPSA) is 22.8 Å². The summed E-state index contributed by atoms with van der Waals surface area (Å²) in [6, 6.07) is 19.2. The molecule has 0 unspecified atom stereocenters. The third-order valence-corrected chi connectivity index (χ3v) is 5.68. The number of anilines is 5. The van der Waals surface area contributed by atoms with E-state index in [1.54, 1.807) is 7.11 Å². The number of benzene rings is 2. The number of ether oxygens (including phenoxy) is 1. The first-order valence-electron chi connectivity index (χ1n) is 9.16. The molecule has 2 aromatic carbocycles. The molecule has 2 aliphatic heterocycles. The molecule has 6 heteroatoms. The predicted molar refractivity (Wildman–Crippen MR) is 110 cm³/mol. The quantitative estimate of drug-likeness (QED) is 0.517. The van der Waals surface area contributed by atoms with Crippen LogP contribution in [0.4, 0.5) is 28.6 Å². The minimum absolute atomic E-state index is 0.0526. The van der Waals surface area contributed by atoms with E-state index in [2.05, 4.69) is 94.7 Å². The monoisotopic (exact) mass is 357 g/mol. The lowest BCUT2D eigenvalue weighted by molar-refractivity contribution is -0.657.